The van der Waals surface area contributed by atoms with Crippen LogP contribution in [-0.4, -0.2) is 49.8 Å². The fourth-order valence-electron chi connectivity index (χ4n) is 1.47. The van der Waals surface area contributed by atoms with Crippen molar-refractivity contribution < 1.29 is 14.3 Å². The first-order valence-corrected chi connectivity index (χ1v) is 5.61. The number of carbonyl (C=O) groups excluding carboxylic acids is 1. The maximum absolute atomic E-state index is 10.6. The molecule has 1 heterocycles. The fraction of sp³-hybridized carbons (Fsp3) is 0.750. The molecule has 1 fully saturated rings. The highest BCUT2D eigenvalue weighted by atomic mass is 16.5. The van der Waals surface area contributed by atoms with Crippen molar-refractivity contribution in [1.82, 2.24) is 4.90 Å². The zero-order valence-electron chi connectivity index (χ0n) is 9.99. The van der Waals surface area contributed by atoms with Crippen molar-refractivity contribution in [2.24, 2.45) is 0 Å². The molecule has 0 unspecified atom stereocenters. The molecule has 0 aromatic heterocycles. The molecule has 0 amide bonds. The third-order valence-corrected chi connectivity index (χ3v) is 2.29. The number of carbonyl (C=O) groups is 1. The summed E-state index contributed by atoms with van der Waals surface area (Å²) in [6.07, 6.45) is 0.485. The second-order valence-electron chi connectivity index (χ2n) is 3.87. The van der Waals surface area contributed by atoms with Gasteiger partial charge >= 0.3 is 5.97 Å². The molecular formula is C12H19NO3. The molecule has 4 heteroatoms. The minimum Gasteiger partial charge on any atom is -0.462 e. The molecule has 0 aromatic carbocycles. The topological polar surface area (TPSA) is 38.8 Å². The first-order chi connectivity index (χ1) is 7.68. The van der Waals surface area contributed by atoms with E-state index in [9.17, 15) is 4.79 Å². The molecule has 1 aliphatic heterocycles. The highest BCUT2D eigenvalue weighted by molar-refractivity contribution is 5.66. The SMILES string of the molecule is CC(=O)O[C@@H](C)CC#CCN1CCOCC1. The zero-order chi connectivity index (χ0) is 11.8. The van der Waals surface area contributed by atoms with Crippen LogP contribution in [0.2, 0.25) is 0 Å². The number of rotatable bonds is 3. The smallest absolute Gasteiger partial charge is 0.302 e. The van der Waals surface area contributed by atoms with Crippen molar-refractivity contribution in [1.29, 1.82) is 0 Å². The molecule has 0 spiro atoms. The second kappa shape index (κ2) is 7.26. The molecule has 1 saturated heterocycles. The van der Waals surface area contributed by atoms with Gasteiger partial charge in [-0.05, 0) is 6.92 Å². The number of esters is 1. The molecule has 0 aromatic rings. The lowest BCUT2D eigenvalue weighted by atomic mass is 10.3. The highest BCUT2D eigenvalue weighted by Crippen LogP contribution is 1.97. The maximum Gasteiger partial charge on any atom is 0.302 e. The van der Waals surface area contributed by atoms with Crippen LogP contribution in [0.3, 0.4) is 0 Å². The molecular weight excluding hydrogens is 206 g/mol. The van der Waals surface area contributed by atoms with Crippen LogP contribution in [0.5, 0.6) is 0 Å². The van der Waals surface area contributed by atoms with Crippen molar-refractivity contribution in [2.75, 3.05) is 32.8 Å². The van der Waals surface area contributed by atoms with Gasteiger partial charge in [0, 0.05) is 26.4 Å². The lowest BCUT2D eigenvalue weighted by molar-refractivity contribution is -0.145. The van der Waals surface area contributed by atoms with Crippen LogP contribution < -0.4 is 0 Å². The predicted molar refractivity (Wildman–Crippen MR) is 60.9 cm³/mol. The van der Waals surface area contributed by atoms with Crippen LogP contribution in [0.1, 0.15) is 20.3 Å². The molecule has 16 heavy (non-hydrogen) atoms. The van der Waals surface area contributed by atoms with Gasteiger partial charge in [0.15, 0.2) is 0 Å². The Balaban J connectivity index is 2.14. The number of hydrogen-bond acceptors (Lipinski definition) is 4. The maximum atomic E-state index is 10.6. The van der Waals surface area contributed by atoms with Gasteiger partial charge in [0.25, 0.3) is 0 Å². The van der Waals surface area contributed by atoms with Gasteiger partial charge in [-0.1, -0.05) is 11.8 Å². The summed E-state index contributed by atoms with van der Waals surface area (Å²) in [5.41, 5.74) is 0. The Hall–Kier alpha value is -1.05. The van der Waals surface area contributed by atoms with Crippen LogP contribution in [-0.2, 0) is 14.3 Å². The van der Waals surface area contributed by atoms with E-state index < -0.39 is 0 Å². The van der Waals surface area contributed by atoms with Crippen LogP contribution in [0.4, 0.5) is 0 Å². The van der Waals surface area contributed by atoms with Gasteiger partial charge < -0.3 is 9.47 Å². The summed E-state index contributed by atoms with van der Waals surface area (Å²) in [5.74, 6) is 5.87. The second-order valence-corrected chi connectivity index (χ2v) is 3.87. The van der Waals surface area contributed by atoms with Gasteiger partial charge in [0.2, 0.25) is 0 Å². The van der Waals surface area contributed by atoms with E-state index in [-0.39, 0.29) is 12.1 Å². The van der Waals surface area contributed by atoms with E-state index in [0.717, 1.165) is 32.8 Å². The van der Waals surface area contributed by atoms with E-state index in [4.69, 9.17) is 9.47 Å². The standard InChI is InChI=1S/C12H19NO3/c1-11(16-12(2)14)5-3-4-6-13-7-9-15-10-8-13/h11H,5-10H2,1-2H3/t11-/m0/s1. The normalized spacial score (nSPS) is 18.4. The van der Waals surface area contributed by atoms with Crippen molar-refractivity contribution >= 4 is 5.97 Å². The minimum absolute atomic E-state index is 0.116. The quantitative estimate of drug-likeness (QED) is 0.522. The first-order valence-electron chi connectivity index (χ1n) is 5.61. The Morgan fingerprint density at radius 2 is 2.12 bits per heavy atom. The molecule has 1 aliphatic rings. The van der Waals surface area contributed by atoms with Crippen LogP contribution in [0.15, 0.2) is 0 Å². The van der Waals surface area contributed by atoms with E-state index >= 15 is 0 Å². The van der Waals surface area contributed by atoms with Crippen molar-refractivity contribution in [3.63, 3.8) is 0 Å². The first kappa shape index (κ1) is 13.0. The van der Waals surface area contributed by atoms with Crippen LogP contribution in [0.25, 0.3) is 0 Å². The van der Waals surface area contributed by atoms with E-state index in [1.165, 1.54) is 6.92 Å². The summed E-state index contributed by atoms with van der Waals surface area (Å²) >= 11 is 0. The predicted octanol–water partition coefficient (Wildman–Crippen LogP) is 0.664. The van der Waals surface area contributed by atoms with Crippen LogP contribution >= 0.6 is 0 Å². The Kier molecular flexibility index (Phi) is 5.91. The van der Waals surface area contributed by atoms with Gasteiger partial charge in [-0.3, -0.25) is 9.69 Å². The van der Waals surface area contributed by atoms with Crippen molar-refractivity contribution in [3.8, 4) is 11.8 Å². The van der Waals surface area contributed by atoms with Gasteiger partial charge in [-0.15, -0.1) is 0 Å². The number of hydrogen-bond donors (Lipinski definition) is 0. The summed E-state index contributed by atoms with van der Waals surface area (Å²) < 4.78 is 10.2. The molecule has 1 rings (SSSR count). The Bertz CT molecular complexity index is 274. The Morgan fingerprint density at radius 1 is 1.44 bits per heavy atom. The summed E-state index contributed by atoms with van der Waals surface area (Å²) in [6.45, 7) is 7.54. The van der Waals surface area contributed by atoms with E-state index in [1.54, 1.807) is 0 Å². The molecule has 0 saturated carbocycles. The largest absolute Gasteiger partial charge is 0.462 e. The average Bonchev–Trinajstić information content (AvgIpc) is 2.25. The van der Waals surface area contributed by atoms with Crippen LogP contribution in [0, 0.1) is 11.8 Å². The Labute approximate surface area is 96.9 Å². The molecule has 0 radical (unpaired) electrons. The summed E-state index contributed by atoms with van der Waals surface area (Å²) in [7, 11) is 0. The fourth-order valence-corrected chi connectivity index (χ4v) is 1.47. The minimum atomic E-state index is -0.248. The number of ether oxygens (including phenoxy) is 2. The lowest BCUT2D eigenvalue weighted by Gasteiger charge is -2.24. The van der Waals surface area contributed by atoms with Gasteiger partial charge in [0.1, 0.15) is 6.10 Å². The van der Waals surface area contributed by atoms with Gasteiger partial charge in [-0.2, -0.15) is 0 Å². The van der Waals surface area contributed by atoms with E-state index in [2.05, 4.69) is 16.7 Å². The lowest BCUT2D eigenvalue weighted by Crippen LogP contribution is -2.36. The highest BCUT2D eigenvalue weighted by Gasteiger charge is 2.07. The van der Waals surface area contributed by atoms with Gasteiger partial charge in [0.05, 0.1) is 19.8 Å². The monoisotopic (exact) mass is 225 g/mol. The van der Waals surface area contributed by atoms with Crippen molar-refractivity contribution in [2.45, 2.75) is 26.4 Å². The van der Waals surface area contributed by atoms with E-state index in [1.807, 2.05) is 6.92 Å². The van der Waals surface area contributed by atoms with Crippen molar-refractivity contribution in [3.05, 3.63) is 0 Å². The summed E-state index contributed by atoms with van der Waals surface area (Å²) in [6, 6.07) is 0. The zero-order valence-corrected chi connectivity index (χ0v) is 9.99. The molecule has 4 nitrogen and oxygen atoms in total. The summed E-state index contributed by atoms with van der Waals surface area (Å²) in [5, 5.41) is 0. The third-order valence-electron chi connectivity index (χ3n) is 2.29. The average molecular weight is 225 g/mol. The van der Waals surface area contributed by atoms with Gasteiger partial charge in [-0.25, -0.2) is 0 Å². The Morgan fingerprint density at radius 3 is 2.75 bits per heavy atom. The molecule has 0 bridgehead atoms. The molecule has 0 N–H and O–H groups in total. The number of nitrogens with zero attached hydrogens (tertiary/aromatic N) is 1. The molecule has 0 aliphatic carbocycles. The number of morpholine rings is 1. The molecule has 1 atom stereocenters. The third kappa shape index (κ3) is 5.74. The molecule has 90 valence electrons. The van der Waals surface area contributed by atoms with E-state index in [0.29, 0.717) is 6.42 Å². The summed E-state index contributed by atoms with van der Waals surface area (Å²) in [4.78, 5) is 12.9.